The third-order valence-corrected chi connectivity index (χ3v) is 4.18. The number of aromatic hydroxyl groups is 1. The topological polar surface area (TPSA) is 40.5 Å². The Morgan fingerprint density at radius 3 is 2.83 bits per heavy atom. The molecule has 1 fully saturated rings. The molecule has 1 aliphatic heterocycles. The highest BCUT2D eigenvalue weighted by molar-refractivity contribution is 6.20. The van der Waals surface area contributed by atoms with Crippen molar-refractivity contribution in [1.29, 1.82) is 0 Å². The third kappa shape index (κ3) is 2.61. The molecular formula is C14H18ClNO2. The fourth-order valence-electron chi connectivity index (χ4n) is 2.27. The van der Waals surface area contributed by atoms with E-state index in [-0.39, 0.29) is 17.0 Å². The van der Waals surface area contributed by atoms with Crippen LogP contribution >= 0.6 is 11.6 Å². The molecule has 98 valence electrons. The van der Waals surface area contributed by atoms with Crippen LogP contribution in [0.5, 0.6) is 5.75 Å². The van der Waals surface area contributed by atoms with Gasteiger partial charge in [0.15, 0.2) is 0 Å². The Kier molecular flexibility index (Phi) is 3.81. The standard InChI is InChI=1S/C14H18ClNO2/c1-9-7-11(3-4-13(9)17)14(18)16-6-5-12(15)10(2)8-16/h3-4,7,10,12,17H,5-6,8H2,1-2H3. The van der Waals surface area contributed by atoms with E-state index in [0.717, 1.165) is 12.0 Å². The minimum absolute atomic E-state index is 0.0218. The molecule has 1 N–H and O–H groups in total. The van der Waals surface area contributed by atoms with Crippen molar-refractivity contribution in [1.82, 2.24) is 4.90 Å². The number of hydrogen-bond donors (Lipinski definition) is 1. The highest BCUT2D eigenvalue weighted by Gasteiger charge is 2.27. The molecule has 0 aliphatic carbocycles. The number of rotatable bonds is 1. The summed E-state index contributed by atoms with van der Waals surface area (Å²) in [7, 11) is 0. The number of carbonyl (C=O) groups excluding carboxylic acids is 1. The number of phenols is 1. The van der Waals surface area contributed by atoms with Crippen LogP contribution < -0.4 is 0 Å². The Morgan fingerprint density at radius 2 is 2.22 bits per heavy atom. The molecule has 0 aromatic heterocycles. The Labute approximate surface area is 112 Å². The van der Waals surface area contributed by atoms with Crippen molar-refractivity contribution in [2.45, 2.75) is 25.6 Å². The molecular weight excluding hydrogens is 250 g/mol. The Bertz CT molecular complexity index is 461. The first-order valence-electron chi connectivity index (χ1n) is 6.22. The monoisotopic (exact) mass is 267 g/mol. The van der Waals surface area contributed by atoms with Crippen LogP contribution in [0.3, 0.4) is 0 Å². The lowest BCUT2D eigenvalue weighted by Gasteiger charge is -2.34. The van der Waals surface area contributed by atoms with Gasteiger partial charge in [0.2, 0.25) is 0 Å². The highest BCUT2D eigenvalue weighted by atomic mass is 35.5. The predicted molar refractivity (Wildman–Crippen MR) is 72.2 cm³/mol. The van der Waals surface area contributed by atoms with Crippen molar-refractivity contribution < 1.29 is 9.90 Å². The lowest BCUT2D eigenvalue weighted by molar-refractivity contribution is 0.0687. The summed E-state index contributed by atoms with van der Waals surface area (Å²) in [6.45, 7) is 5.27. The van der Waals surface area contributed by atoms with Gasteiger partial charge in [-0.05, 0) is 43.0 Å². The van der Waals surface area contributed by atoms with E-state index in [0.29, 0.717) is 24.6 Å². The summed E-state index contributed by atoms with van der Waals surface area (Å²) in [6, 6.07) is 4.97. The van der Waals surface area contributed by atoms with Crippen LogP contribution in [0.15, 0.2) is 18.2 Å². The van der Waals surface area contributed by atoms with Crippen molar-refractivity contribution in [3.05, 3.63) is 29.3 Å². The van der Waals surface area contributed by atoms with Crippen molar-refractivity contribution >= 4 is 17.5 Å². The SMILES string of the molecule is Cc1cc(C(=O)N2CCC(Cl)C(C)C2)ccc1O. The summed E-state index contributed by atoms with van der Waals surface area (Å²) in [5.41, 5.74) is 1.35. The maximum atomic E-state index is 12.3. The number of phenolic OH excluding ortho intramolecular Hbond substituents is 1. The lowest BCUT2D eigenvalue weighted by Crippen LogP contribution is -2.43. The van der Waals surface area contributed by atoms with E-state index < -0.39 is 0 Å². The predicted octanol–water partition coefficient (Wildman–Crippen LogP) is 2.79. The first-order chi connectivity index (χ1) is 8.49. The number of carbonyl (C=O) groups is 1. The first-order valence-corrected chi connectivity index (χ1v) is 6.65. The molecule has 2 rings (SSSR count). The van der Waals surface area contributed by atoms with Gasteiger partial charge in [0.25, 0.3) is 5.91 Å². The second-order valence-electron chi connectivity index (χ2n) is 5.03. The van der Waals surface area contributed by atoms with Gasteiger partial charge in [-0.3, -0.25) is 4.79 Å². The van der Waals surface area contributed by atoms with Gasteiger partial charge in [-0.2, -0.15) is 0 Å². The zero-order valence-corrected chi connectivity index (χ0v) is 11.4. The Balaban J connectivity index is 2.14. The zero-order chi connectivity index (χ0) is 13.3. The summed E-state index contributed by atoms with van der Waals surface area (Å²) in [4.78, 5) is 14.2. The van der Waals surface area contributed by atoms with Gasteiger partial charge < -0.3 is 10.0 Å². The number of alkyl halides is 1. The van der Waals surface area contributed by atoms with Crippen molar-refractivity contribution in [2.75, 3.05) is 13.1 Å². The molecule has 4 heteroatoms. The van der Waals surface area contributed by atoms with Gasteiger partial charge in [0.1, 0.15) is 5.75 Å². The quantitative estimate of drug-likeness (QED) is 0.795. The molecule has 18 heavy (non-hydrogen) atoms. The van der Waals surface area contributed by atoms with Crippen LogP contribution in [0.25, 0.3) is 0 Å². The summed E-state index contributed by atoms with van der Waals surface area (Å²) in [5, 5.41) is 9.63. The molecule has 0 spiro atoms. The maximum absolute atomic E-state index is 12.3. The van der Waals surface area contributed by atoms with Crippen molar-refractivity contribution in [2.24, 2.45) is 5.92 Å². The number of likely N-dealkylation sites (tertiary alicyclic amines) is 1. The molecule has 3 nitrogen and oxygen atoms in total. The molecule has 0 radical (unpaired) electrons. The molecule has 0 bridgehead atoms. The molecule has 1 heterocycles. The molecule has 1 aliphatic rings. The van der Waals surface area contributed by atoms with Gasteiger partial charge in [-0.15, -0.1) is 11.6 Å². The van der Waals surface area contributed by atoms with Crippen LogP contribution in [-0.2, 0) is 0 Å². The minimum atomic E-state index is 0.0218. The van der Waals surface area contributed by atoms with Gasteiger partial charge in [-0.1, -0.05) is 6.92 Å². The van der Waals surface area contributed by atoms with Crippen LogP contribution in [-0.4, -0.2) is 34.4 Å². The van der Waals surface area contributed by atoms with Gasteiger partial charge in [0, 0.05) is 24.0 Å². The van der Waals surface area contributed by atoms with E-state index in [1.165, 1.54) is 0 Å². The molecule has 1 amide bonds. The average Bonchev–Trinajstić information content (AvgIpc) is 2.35. The summed E-state index contributed by atoms with van der Waals surface area (Å²) in [5.74, 6) is 0.565. The van der Waals surface area contributed by atoms with E-state index in [1.807, 2.05) is 4.90 Å². The number of nitrogens with zero attached hydrogens (tertiary/aromatic N) is 1. The van der Waals surface area contributed by atoms with E-state index >= 15 is 0 Å². The fourth-order valence-corrected chi connectivity index (χ4v) is 2.45. The highest BCUT2D eigenvalue weighted by Crippen LogP contribution is 2.24. The van der Waals surface area contributed by atoms with Crippen molar-refractivity contribution in [3.8, 4) is 5.75 Å². The Hall–Kier alpha value is -1.22. The summed E-state index contributed by atoms with van der Waals surface area (Å²) < 4.78 is 0. The zero-order valence-electron chi connectivity index (χ0n) is 10.7. The molecule has 1 saturated heterocycles. The molecule has 2 atom stereocenters. The Morgan fingerprint density at radius 1 is 1.50 bits per heavy atom. The molecule has 1 aromatic carbocycles. The van der Waals surface area contributed by atoms with Crippen molar-refractivity contribution in [3.63, 3.8) is 0 Å². The summed E-state index contributed by atoms with van der Waals surface area (Å²) in [6.07, 6.45) is 0.839. The largest absolute Gasteiger partial charge is 0.508 e. The van der Waals surface area contributed by atoms with Crippen LogP contribution in [0.2, 0.25) is 0 Å². The van der Waals surface area contributed by atoms with Gasteiger partial charge in [-0.25, -0.2) is 0 Å². The second kappa shape index (κ2) is 5.19. The molecule has 2 unspecified atom stereocenters. The number of piperidine rings is 1. The summed E-state index contributed by atoms with van der Waals surface area (Å²) >= 11 is 6.16. The maximum Gasteiger partial charge on any atom is 0.253 e. The second-order valence-corrected chi connectivity index (χ2v) is 5.59. The van der Waals surface area contributed by atoms with Crippen LogP contribution in [0.4, 0.5) is 0 Å². The normalized spacial score (nSPS) is 24.1. The third-order valence-electron chi connectivity index (χ3n) is 3.53. The number of hydrogen-bond acceptors (Lipinski definition) is 2. The molecule has 0 saturated carbocycles. The van der Waals surface area contributed by atoms with E-state index in [4.69, 9.17) is 11.6 Å². The molecule has 1 aromatic rings. The van der Waals surface area contributed by atoms with Gasteiger partial charge in [0.05, 0.1) is 0 Å². The van der Waals surface area contributed by atoms with E-state index in [1.54, 1.807) is 25.1 Å². The number of halogens is 1. The smallest absolute Gasteiger partial charge is 0.253 e. The van der Waals surface area contributed by atoms with Gasteiger partial charge >= 0.3 is 0 Å². The number of amides is 1. The average molecular weight is 268 g/mol. The lowest BCUT2D eigenvalue weighted by atomic mass is 9.98. The first kappa shape index (κ1) is 13.2. The number of aryl methyl sites for hydroxylation is 1. The number of benzene rings is 1. The minimum Gasteiger partial charge on any atom is -0.508 e. The van der Waals surface area contributed by atoms with Crippen LogP contribution in [0.1, 0.15) is 29.3 Å². The fraction of sp³-hybridized carbons (Fsp3) is 0.500. The van der Waals surface area contributed by atoms with Crippen LogP contribution in [0, 0.1) is 12.8 Å². The van der Waals surface area contributed by atoms with E-state index in [9.17, 15) is 9.90 Å². The van der Waals surface area contributed by atoms with E-state index in [2.05, 4.69) is 6.92 Å².